The minimum atomic E-state index is -1.09. The summed E-state index contributed by atoms with van der Waals surface area (Å²) in [6.45, 7) is 4.00. The maximum atomic E-state index is 11.6. The second-order valence-electron chi connectivity index (χ2n) is 3.71. The zero-order valence-electron chi connectivity index (χ0n) is 8.93. The van der Waals surface area contributed by atoms with Crippen LogP contribution in [-0.4, -0.2) is 52.3 Å². The fourth-order valence-electron chi connectivity index (χ4n) is 1.66. The van der Waals surface area contributed by atoms with Crippen molar-refractivity contribution >= 4 is 12.0 Å². The summed E-state index contributed by atoms with van der Waals surface area (Å²) < 4.78 is 0. The number of carbonyl (C=O) groups is 2. The van der Waals surface area contributed by atoms with E-state index in [0.717, 1.165) is 4.90 Å². The third kappa shape index (κ3) is 2.96. The molecule has 0 spiro atoms. The smallest absolute Gasteiger partial charge is 0.326 e. The molecular weight excluding hydrogens is 212 g/mol. The van der Waals surface area contributed by atoms with Crippen molar-refractivity contribution in [3.05, 3.63) is 12.7 Å². The van der Waals surface area contributed by atoms with Crippen LogP contribution in [-0.2, 0) is 4.79 Å². The molecule has 1 heterocycles. The molecule has 0 saturated carbocycles. The average Bonchev–Trinajstić information content (AvgIpc) is 2.61. The van der Waals surface area contributed by atoms with Gasteiger partial charge in [0, 0.05) is 19.5 Å². The van der Waals surface area contributed by atoms with Crippen LogP contribution in [0.3, 0.4) is 0 Å². The van der Waals surface area contributed by atoms with Gasteiger partial charge in [-0.25, -0.2) is 9.59 Å². The van der Waals surface area contributed by atoms with E-state index in [0.29, 0.717) is 13.0 Å². The Morgan fingerprint density at radius 1 is 1.56 bits per heavy atom. The highest BCUT2D eigenvalue weighted by molar-refractivity contribution is 5.83. The van der Waals surface area contributed by atoms with Gasteiger partial charge in [-0.3, -0.25) is 0 Å². The number of aliphatic carboxylic acids is 1. The number of nitrogens with one attached hydrogen (secondary N) is 1. The van der Waals surface area contributed by atoms with E-state index < -0.39 is 24.1 Å². The highest BCUT2D eigenvalue weighted by Crippen LogP contribution is 2.17. The van der Waals surface area contributed by atoms with Gasteiger partial charge in [0.2, 0.25) is 0 Å². The molecule has 0 aliphatic carbocycles. The third-order valence-corrected chi connectivity index (χ3v) is 2.45. The second kappa shape index (κ2) is 5.50. The van der Waals surface area contributed by atoms with Crippen LogP contribution in [0.25, 0.3) is 0 Å². The summed E-state index contributed by atoms with van der Waals surface area (Å²) in [6.07, 6.45) is 1.61. The van der Waals surface area contributed by atoms with E-state index in [-0.39, 0.29) is 13.0 Å². The van der Waals surface area contributed by atoms with Crippen LogP contribution < -0.4 is 5.32 Å². The van der Waals surface area contributed by atoms with Crippen LogP contribution in [0.4, 0.5) is 4.79 Å². The normalized spacial score (nSPS) is 24.2. The van der Waals surface area contributed by atoms with Crippen molar-refractivity contribution in [1.29, 1.82) is 0 Å². The Morgan fingerprint density at radius 3 is 2.81 bits per heavy atom. The second-order valence-corrected chi connectivity index (χ2v) is 3.71. The summed E-state index contributed by atoms with van der Waals surface area (Å²) in [5, 5.41) is 20.8. The molecule has 0 radical (unpaired) electrons. The van der Waals surface area contributed by atoms with Gasteiger partial charge in [0.15, 0.2) is 0 Å². The fourth-order valence-corrected chi connectivity index (χ4v) is 1.66. The number of amides is 2. The maximum Gasteiger partial charge on any atom is 0.326 e. The van der Waals surface area contributed by atoms with Gasteiger partial charge in [-0.1, -0.05) is 6.08 Å². The standard InChI is InChI=1S/C10H16N2O4/c1-2-3-4-11-10(16)12-6-7(13)5-8(12)9(14)15/h2,7-8,13H,1,3-6H2,(H,11,16)(H,14,15)/t7-,8+/m1/s1. The van der Waals surface area contributed by atoms with Crippen molar-refractivity contribution in [1.82, 2.24) is 10.2 Å². The zero-order chi connectivity index (χ0) is 12.1. The van der Waals surface area contributed by atoms with Crippen LogP contribution >= 0.6 is 0 Å². The Hall–Kier alpha value is -1.56. The van der Waals surface area contributed by atoms with Gasteiger partial charge in [0.1, 0.15) is 6.04 Å². The molecule has 1 saturated heterocycles. The lowest BCUT2D eigenvalue weighted by atomic mass is 10.2. The monoisotopic (exact) mass is 228 g/mol. The summed E-state index contributed by atoms with van der Waals surface area (Å²) in [5.41, 5.74) is 0. The van der Waals surface area contributed by atoms with Crippen molar-refractivity contribution in [2.75, 3.05) is 13.1 Å². The van der Waals surface area contributed by atoms with Crippen molar-refractivity contribution < 1.29 is 19.8 Å². The van der Waals surface area contributed by atoms with E-state index in [1.54, 1.807) is 6.08 Å². The minimum absolute atomic E-state index is 0.0664. The van der Waals surface area contributed by atoms with Gasteiger partial charge < -0.3 is 20.4 Å². The lowest BCUT2D eigenvalue weighted by Crippen LogP contribution is -2.46. The number of aliphatic hydroxyl groups excluding tert-OH is 1. The Bertz CT molecular complexity index is 293. The van der Waals surface area contributed by atoms with E-state index in [1.807, 2.05) is 0 Å². The minimum Gasteiger partial charge on any atom is -0.480 e. The third-order valence-electron chi connectivity index (χ3n) is 2.45. The van der Waals surface area contributed by atoms with Crippen LogP contribution in [0.2, 0.25) is 0 Å². The summed E-state index contributed by atoms with van der Waals surface area (Å²) in [6, 6.07) is -1.38. The predicted octanol–water partition coefficient (Wildman–Crippen LogP) is -0.208. The van der Waals surface area contributed by atoms with Crippen molar-refractivity contribution in [3.8, 4) is 0 Å². The van der Waals surface area contributed by atoms with Crippen LogP contribution in [0.15, 0.2) is 12.7 Å². The Balaban J connectivity index is 2.53. The van der Waals surface area contributed by atoms with Crippen molar-refractivity contribution in [3.63, 3.8) is 0 Å². The Morgan fingerprint density at radius 2 is 2.25 bits per heavy atom. The lowest BCUT2D eigenvalue weighted by molar-refractivity contribution is -0.141. The maximum absolute atomic E-state index is 11.6. The molecule has 1 rings (SSSR count). The molecule has 0 aromatic carbocycles. The number of carbonyl (C=O) groups excluding carboxylic acids is 1. The van der Waals surface area contributed by atoms with Crippen molar-refractivity contribution in [2.45, 2.75) is 25.0 Å². The van der Waals surface area contributed by atoms with Gasteiger partial charge in [0.05, 0.1) is 6.10 Å². The molecule has 0 aromatic heterocycles. The molecule has 1 fully saturated rings. The Kier molecular flexibility index (Phi) is 4.30. The topological polar surface area (TPSA) is 89.9 Å². The Labute approximate surface area is 93.5 Å². The average molecular weight is 228 g/mol. The molecule has 6 heteroatoms. The fraction of sp³-hybridized carbons (Fsp3) is 0.600. The number of hydrogen-bond donors (Lipinski definition) is 3. The van der Waals surface area contributed by atoms with Gasteiger partial charge in [-0.05, 0) is 6.42 Å². The largest absolute Gasteiger partial charge is 0.480 e. The first-order chi connectivity index (χ1) is 7.56. The summed E-state index contributed by atoms with van der Waals surface area (Å²) >= 11 is 0. The van der Waals surface area contributed by atoms with Gasteiger partial charge in [-0.15, -0.1) is 6.58 Å². The molecule has 0 aromatic rings. The molecule has 0 unspecified atom stereocenters. The van der Waals surface area contributed by atoms with E-state index in [1.165, 1.54) is 0 Å². The number of carboxylic acids is 1. The number of hydrogen-bond acceptors (Lipinski definition) is 3. The van der Waals surface area contributed by atoms with Gasteiger partial charge in [0.25, 0.3) is 0 Å². The first-order valence-corrected chi connectivity index (χ1v) is 5.12. The molecule has 1 aliphatic rings. The molecule has 90 valence electrons. The first-order valence-electron chi connectivity index (χ1n) is 5.12. The summed E-state index contributed by atoms with van der Waals surface area (Å²) in [5.74, 6) is -1.09. The molecule has 2 atom stereocenters. The van der Waals surface area contributed by atoms with E-state index in [9.17, 15) is 14.7 Å². The van der Waals surface area contributed by atoms with Crippen LogP contribution in [0.5, 0.6) is 0 Å². The molecule has 0 bridgehead atoms. The molecular formula is C10H16N2O4. The summed E-state index contributed by atoms with van der Waals surface area (Å²) in [7, 11) is 0. The van der Waals surface area contributed by atoms with E-state index >= 15 is 0 Å². The number of rotatable bonds is 4. The highest BCUT2D eigenvalue weighted by atomic mass is 16.4. The number of likely N-dealkylation sites (tertiary alicyclic amines) is 1. The van der Waals surface area contributed by atoms with Gasteiger partial charge >= 0.3 is 12.0 Å². The molecule has 16 heavy (non-hydrogen) atoms. The SMILES string of the molecule is C=CCCNC(=O)N1C[C@H](O)C[C@H]1C(=O)O. The number of β-amino-alcohol motifs (C(OH)–C–C–N with tert-alkyl or cyclic N) is 1. The predicted molar refractivity (Wildman–Crippen MR) is 57.0 cm³/mol. The first kappa shape index (κ1) is 12.5. The van der Waals surface area contributed by atoms with Crippen LogP contribution in [0.1, 0.15) is 12.8 Å². The van der Waals surface area contributed by atoms with Crippen LogP contribution in [0, 0.1) is 0 Å². The quantitative estimate of drug-likeness (QED) is 0.459. The number of nitrogens with zero attached hydrogens (tertiary/aromatic N) is 1. The van der Waals surface area contributed by atoms with Crippen molar-refractivity contribution in [2.24, 2.45) is 0 Å². The number of aliphatic hydroxyl groups is 1. The molecule has 3 N–H and O–H groups in total. The number of carboxylic acid groups (broad SMARTS) is 1. The van der Waals surface area contributed by atoms with E-state index in [2.05, 4.69) is 11.9 Å². The molecule has 1 aliphatic heterocycles. The van der Waals surface area contributed by atoms with E-state index in [4.69, 9.17) is 5.11 Å². The summed E-state index contributed by atoms with van der Waals surface area (Å²) in [4.78, 5) is 23.6. The lowest BCUT2D eigenvalue weighted by Gasteiger charge is -2.21. The van der Waals surface area contributed by atoms with Gasteiger partial charge in [-0.2, -0.15) is 0 Å². The molecule has 2 amide bonds. The molecule has 6 nitrogen and oxygen atoms in total. The number of urea groups is 1. The zero-order valence-corrected chi connectivity index (χ0v) is 8.93. The highest BCUT2D eigenvalue weighted by Gasteiger charge is 2.38.